The van der Waals surface area contributed by atoms with Gasteiger partial charge in [0.1, 0.15) is 0 Å². The number of hydrogen-bond acceptors (Lipinski definition) is 6. The molecule has 6 nitrogen and oxygen atoms in total. The molecule has 0 spiro atoms. The van der Waals surface area contributed by atoms with Crippen LogP contribution in [-0.4, -0.2) is 67.8 Å². The van der Waals surface area contributed by atoms with Gasteiger partial charge in [-0.15, -0.1) is 0 Å². The predicted molar refractivity (Wildman–Crippen MR) is 65.9 cm³/mol. The molecule has 1 aliphatic carbocycles. The van der Waals surface area contributed by atoms with Crippen molar-refractivity contribution in [2.75, 3.05) is 6.61 Å². The van der Waals surface area contributed by atoms with E-state index in [1.54, 1.807) is 0 Å². The maximum Gasteiger partial charge on any atom is 0.0825 e. The van der Waals surface area contributed by atoms with Crippen molar-refractivity contribution >= 4 is 0 Å². The summed E-state index contributed by atoms with van der Waals surface area (Å²) in [5.74, 6) is 0. The highest BCUT2D eigenvalue weighted by Gasteiger charge is 2.32. The molecule has 110 valence electrons. The van der Waals surface area contributed by atoms with Gasteiger partial charge in [-0.1, -0.05) is 19.8 Å². The van der Waals surface area contributed by atoms with Crippen LogP contribution in [0.15, 0.2) is 0 Å². The van der Waals surface area contributed by atoms with Crippen molar-refractivity contribution < 1.29 is 30.6 Å². The first-order valence-corrected chi connectivity index (χ1v) is 6.43. The van der Waals surface area contributed by atoms with Crippen LogP contribution in [0.25, 0.3) is 0 Å². The molecular weight excluding hydrogens is 240 g/mol. The molecular formula is C12H26O6. The second-order valence-corrected chi connectivity index (χ2v) is 4.72. The molecule has 6 N–H and O–H groups in total. The van der Waals surface area contributed by atoms with Crippen LogP contribution in [0.3, 0.4) is 0 Å². The van der Waals surface area contributed by atoms with Crippen LogP contribution < -0.4 is 0 Å². The molecule has 0 aromatic rings. The molecule has 1 aliphatic rings. The Hall–Kier alpha value is -0.240. The van der Waals surface area contributed by atoms with Gasteiger partial charge in [0.15, 0.2) is 0 Å². The highest BCUT2D eigenvalue weighted by molar-refractivity contribution is 4.84. The van der Waals surface area contributed by atoms with E-state index in [9.17, 15) is 0 Å². The van der Waals surface area contributed by atoms with Gasteiger partial charge in [0.2, 0.25) is 0 Å². The molecule has 5 unspecified atom stereocenters. The summed E-state index contributed by atoms with van der Waals surface area (Å²) in [6.45, 7) is 1.96. The van der Waals surface area contributed by atoms with Crippen molar-refractivity contribution in [1.29, 1.82) is 0 Å². The molecule has 1 rings (SSSR count). The third kappa shape index (κ3) is 7.25. The van der Waals surface area contributed by atoms with E-state index < -0.39 is 30.5 Å². The smallest absolute Gasteiger partial charge is 0.0825 e. The van der Waals surface area contributed by atoms with Crippen LogP contribution in [0.4, 0.5) is 0 Å². The molecule has 1 saturated carbocycles. The zero-order valence-electron chi connectivity index (χ0n) is 10.8. The molecule has 0 aromatic heterocycles. The lowest BCUT2D eigenvalue weighted by Crippen LogP contribution is -2.44. The normalized spacial score (nSPS) is 33.5. The summed E-state index contributed by atoms with van der Waals surface area (Å²) in [6, 6.07) is 0. The summed E-state index contributed by atoms with van der Waals surface area (Å²) in [7, 11) is 0. The SMILES string of the molecule is CCCCC(O)CO.OC1CC(O)C(O)CC1O. The summed E-state index contributed by atoms with van der Waals surface area (Å²) in [5.41, 5.74) is 0. The second-order valence-electron chi connectivity index (χ2n) is 4.72. The molecule has 0 aromatic carbocycles. The van der Waals surface area contributed by atoms with Crippen LogP contribution >= 0.6 is 0 Å². The van der Waals surface area contributed by atoms with E-state index in [0.717, 1.165) is 19.3 Å². The molecule has 0 aliphatic heterocycles. The zero-order valence-corrected chi connectivity index (χ0v) is 10.8. The minimum Gasteiger partial charge on any atom is -0.394 e. The predicted octanol–water partition coefficient (Wildman–Crippen LogP) is -1.25. The molecule has 0 amide bonds. The van der Waals surface area contributed by atoms with Crippen LogP contribution in [0.2, 0.25) is 0 Å². The molecule has 5 atom stereocenters. The van der Waals surface area contributed by atoms with E-state index in [0.29, 0.717) is 0 Å². The van der Waals surface area contributed by atoms with Gasteiger partial charge in [-0.05, 0) is 6.42 Å². The lowest BCUT2D eigenvalue weighted by molar-refractivity contribution is -0.107. The zero-order chi connectivity index (χ0) is 14.1. The highest BCUT2D eigenvalue weighted by atomic mass is 16.4. The van der Waals surface area contributed by atoms with Gasteiger partial charge in [0, 0.05) is 12.8 Å². The fourth-order valence-corrected chi connectivity index (χ4v) is 1.65. The standard InChI is InChI=1S/C6H12O4.C6H14O2/c7-3-1-4(8)6(10)2-5(3)9;1-2-3-4-6(8)5-7/h3-10H,1-2H2;6-8H,2-5H2,1H3. The van der Waals surface area contributed by atoms with Gasteiger partial charge in [-0.2, -0.15) is 0 Å². The monoisotopic (exact) mass is 266 g/mol. The van der Waals surface area contributed by atoms with E-state index in [1.165, 1.54) is 0 Å². The average molecular weight is 266 g/mol. The largest absolute Gasteiger partial charge is 0.394 e. The van der Waals surface area contributed by atoms with Crippen molar-refractivity contribution in [3.8, 4) is 0 Å². The van der Waals surface area contributed by atoms with Crippen LogP contribution in [0.1, 0.15) is 39.0 Å². The summed E-state index contributed by atoms with van der Waals surface area (Å²) in [4.78, 5) is 0. The summed E-state index contributed by atoms with van der Waals surface area (Å²) >= 11 is 0. The number of unbranched alkanes of at least 4 members (excludes halogenated alkanes) is 1. The third-order valence-electron chi connectivity index (χ3n) is 2.96. The fraction of sp³-hybridized carbons (Fsp3) is 1.00. The Balaban J connectivity index is 0.000000331. The van der Waals surface area contributed by atoms with Crippen molar-refractivity contribution in [2.45, 2.75) is 69.5 Å². The maximum absolute atomic E-state index is 8.94. The van der Waals surface area contributed by atoms with E-state index >= 15 is 0 Å². The molecule has 0 heterocycles. The van der Waals surface area contributed by atoms with Gasteiger partial charge >= 0.3 is 0 Å². The van der Waals surface area contributed by atoms with E-state index in [4.69, 9.17) is 30.6 Å². The first kappa shape index (κ1) is 17.8. The quantitative estimate of drug-likeness (QED) is 0.378. The molecule has 6 heteroatoms. The number of aliphatic hydroxyl groups excluding tert-OH is 6. The Morgan fingerprint density at radius 1 is 0.944 bits per heavy atom. The van der Waals surface area contributed by atoms with Crippen LogP contribution in [0.5, 0.6) is 0 Å². The van der Waals surface area contributed by atoms with Gasteiger partial charge in [-0.3, -0.25) is 0 Å². The van der Waals surface area contributed by atoms with E-state index in [-0.39, 0.29) is 19.4 Å². The molecule has 0 radical (unpaired) electrons. The number of rotatable bonds is 4. The summed E-state index contributed by atoms with van der Waals surface area (Å²) in [5, 5.41) is 52.8. The third-order valence-corrected chi connectivity index (χ3v) is 2.96. The first-order valence-electron chi connectivity index (χ1n) is 6.43. The van der Waals surface area contributed by atoms with Gasteiger partial charge in [-0.25, -0.2) is 0 Å². The topological polar surface area (TPSA) is 121 Å². The van der Waals surface area contributed by atoms with E-state index in [2.05, 4.69) is 6.92 Å². The molecule has 1 fully saturated rings. The first-order chi connectivity index (χ1) is 8.42. The maximum atomic E-state index is 8.94. The Labute approximate surface area is 108 Å². The Kier molecular flexibility index (Phi) is 9.53. The molecule has 18 heavy (non-hydrogen) atoms. The van der Waals surface area contributed by atoms with E-state index in [1.807, 2.05) is 0 Å². The minimum atomic E-state index is -0.890. The Morgan fingerprint density at radius 2 is 1.33 bits per heavy atom. The van der Waals surface area contributed by atoms with Gasteiger partial charge in [0.25, 0.3) is 0 Å². The van der Waals surface area contributed by atoms with Gasteiger partial charge in [0.05, 0.1) is 37.1 Å². The van der Waals surface area contributed by atoms with Crippen molar-refractivity contribution in [1.82, 2.24) is 0 Å². The van der Waals surface area contributed by atoms with Crippen LogP contribution in [0, 0.1) is 0 Å². The average Bonchev–Trinajstić information content (AvgIpc) is 2.34. The second kappa shape index (κ2) is 9.66. The summed E-state index contributed by atoms with van der Waals surface area (Å²) in [6.07, 6.45) is -1.13. The lowest BCUT2D eigenvalue weighted by atomic mass is 9.90. The number of hydrogen-bond donors (Lipinski definition) is 6. The molecule has 0 bridgehead atoms. The Bertz CT molecular complexity index is 175. The van der Waals surface area contributed by atoms with Crippen molar-refractivity contribution in [2.24, 2.45) is 0 Å². The van der Waals surface area contributed by atoms with Crippen molar-refractivity contribution in [3.05, 3.63) is 0 Å². The highest BCUT2D eigenvalue weighted by Crippen LogP contribution is 2.19. The molecule has 0 saturated heterocycles. The van der Waals surface area contributed by atoms with Crippen LogP contribution in [-0.2, 0) is 0 Å². The fourth-order valence-electron chi connectivity index (χ4n) is 1.65. The summed E-state index contributed by atoms with van der Waals surface area (Å²) < 4.78 is 0. The number of aliphatic hydroxyl groups is 6. The van der Waals surface area contributed by atoms with Gasteiger partial charge < -0.3 is 30.6 Å². The minimum absolute atomic E-state index is 0.0579. The lowest BCUT2D eigenvalue weighted by Gasteiger charge is -2.30. The van der Waals surface area contributed by atoms with Crippen molar-refractivity contribution in [3.63, 3.8) is 0 Å². The Morgan fingerprint density at radius 3 is 1.61 bits per heavy atom.